The summed E-state index contributed by atoms with van der Waals surface area (Å²) in [6, 6.07) is 8.91. The zero-order valence-electron chi connectivity index (χ0n) is 11.9. The van der Waals surface area contributed by atoms with Gasteiger partial charge in [-0.2, -0.15) is 0 Å². The standard InChI is InChI=1S/C16H9Cl2IN2O3/c17-9-2-1-3-11(6-9)21-15(23)13(20-16(21)24)5-8-4-10(18)7-12(19)14(8)22/h1-7,22H,(H,20,24)/b13-5-. The molecular weight excluding hydrogens is 466 g/mol. The molecule has 1 saturated heterocycles. The number of aromatic hydroxyl groups is 1. The lowest BCUT2D eigenvalue weighted by Gasteiger charge is -2.11. The predicted octanol–water partition coefficient (Wildman–Crippen LogP) is 4.40. The lowest BCUT2D eigenvalue weighted by Crippen LogP contribution is -2.30. The number of phenolic OH excluding ortho intramolecular Hbond substituents is 1. The number of urea groups is 1. The van der Waals surface area contributed by atoms with Crippen LogP contribution >= 0.6 is 45.8 Å². The maximum Gasteiger partial charge on any atom is 0.333 e. The fraction of sp³-hybridized carbons (Fsp3) is 0. The second-order valence-electron chi connectivity index (χ2n) is 4.93. The van der Waals surface area contributed by atoms with Crippen LogP contribution in [0, 0.1) is 3.57 Å². The number of benzene rings is 2. The van der Waals surface area contributed by atoms with Gasteiger partial charge in [0.1, 0.15) is 11.4 Å². The Morgan fingerprint density at radius 3 is 2.58 bits per heavy atom. The van der Waals surface area contributed by atoms with Crippen LogP contribution in [-0.2, 0) is 4.79 Å². The summed E-state index contributed by atoms with van der Waals surface area (Å²) >= 11 is 13.8. The normalized spacial score (nSPS) is 16.0. The molecule has 5 nitrogen and oxygen atoms in total. The Kier molecular flexibility index (Phi) is 4.71. The number of halogens is 3. The van der Waals surface area contributed by atoms with Gasteiger partial charge in [0, 0.05) is 15.6 Å². The van der Waals surface area contributed by atoms with E-state index in [9.17, 15) is 14.7 Å². The van der Waals surface area contributed by atoms with Gasteiger partial charge in [-0.25, -0.2) is 9.69 Å². The molecule has 0 radical (unpaired) electrons. The summed E-state index contributed by atoms with van der Waals surface area (Å²) in [6.45, 7) is 0. The number of anilines is 1. The molecule has 2 aromatic carbocycles. The van der Waals surface area contributed by atoms with Gasteiger partial charge < -0.3 is 10.4 Å². The van der Waals surface area contributed by atoms with Gasteiger partial charge in [-0.15, -0.1) is 0 Å². The number of rotatable bonds is 2. The Morgan fingerprint density at radius 2 is 1.88 bits per heavy atom. The smallest absolute Gasteiger partial charge is 0.333 e. The first kappa shape index (κ1) is 17.1. The van der Waals surface area contributed by atoms with E-state index in [-0.39, 0.29) is 11.4 Å². The number of amides is 3. The molecule has 2 aromatic rings. The van der Waals surface area contributed by atoms with Gasteiger partial charge in [0.25, 0.3) is 5.91 Å². The Morgan fingerprint density at radius 1 is 1.12 bits per heavy atom. The average molecular weight is 475 g/mol. The molecule has 0 aliphatic carbocycles. The van der Waals surface area contributed by atoms with E-state index in [4.69, 9.17) is 23.2 Å². The number of carbonyl (C=O) groups excluding carboxylic acids is 2. The molecular formula is C16H9Cl2IN2O3. The SMILES string of the molecule is O=C1N/C(=C\c2cc(Cl)cc(I)c2O)C(=O)N1c1cccc(Cl)c1. The predicted molar refractivity (Wildman–Crippen MR) is 101 cm³/mol. The first-order chi connectivity index (χ1) is 11.4. The molecule has 0 unspecified atom stereocenters. The zero-order chi connectivity index (χ0) is 17.4. The third-order valence-electron chi connectivity index (χ3n) is 3.30. The maximum absolute atomic E-state index is 12.5. The van der Waals surface area contributed by atoms with Crippen molar-refractivity contribution in [2.24, 2.45) is 0 Å². The molecule has 1 fully saturated rings. The molecule has 122 valence electrons. The first-order valence-electron chi connectivity index (χ1n) is 6.67. The zero-order valence-corrected chi connectivity index (χ0v) is 15.6. The summed E-state index contributed by atoms with van der Waals surface area (Å²) in [5.74, 6) is -0.563. The minimum Gasteiger partial charge on any atom is -0.506 e. The van der Waals surface area contributed by atoms with E-state index in [0.717, 1.165) is 4.90 Å². The Hall–Kier alpha value is -1.77. The number of nitrogens with one attached hydrogen (secondary N) is 1. The quantitative estimate of drug-likeness (QED) is 0.385. The van der Waals surface area contributed by atoms with Crippen molar-refractivity contribution < 1.29 is 14.7 Å². The van der Waals surface area contributed by atoms with Gasteiger partial charge in [-0.3, -0.25) is 4.79 Å². The molecule has 0 aromatic heterocycles. The fourth-order valence-corrected chi connectivity index (χ4v) is 3.48. The van der Waals surface area contributed by atoms with Gasteiger partial charge >= 0.3 is 6.03 Å². The van der Waals surface area contributed by atoms with E-state index >= 15 is 0 Å². The Labute approximate surface area is 161 Å². The summed E-state index contributed by atoms with van der Waals surface area (Å²) in [6.07, 6.45) is 1.38. The third kappa shape index (κ3) is 3.22. The second-order valence-corrected chi connectivity index (χ2v) is 6.97. The maximum atomic E-state index is 12.5. The summed E-state index contributed by atoms with van der Waals surface area (Å²) < 4.78 is 0.537. The van der Waals surface area contributed by atoms with Gasteiger partial charge in [-0.05, 0) is 59.0 Å². The van der Waals surface area contributed by atoms with Crippen LogP contribution in [0.2, 0.25) is 10.0 Å². The van der Waals surface area contributed by atoms with E-state index < -0.39 is 11.9 Å². The molecule has 1 aliphatic heterocycles. The Bertz CT molecular complexity index is 899. The lowest BCUT2D eigenvalue weighted by atomic mass is 10.1. The van der Waals surface area contributed by atoms with Crippen molar-refractivity contribution in [3.63, 3.8) is 0 Å². The second kappa shape index (κ2) is 6.62. The number of phenols is 1. The molecule has 1 aliphatic rings. The summed E-state index contributed by atoms with van der Waals surface area (Å²) in [5, 5.41) is 13.4. The molecule has 1 heterocycles. The highest BCUT2D eigenvalue weighted by Gasteiger charge is 2.35. The van der Waals surface area contributed by atoms with Crippen LogP contribution in [0.1, 0.15) is 5.56 Å². The van der Waals surface area contributed by atoms with Crippen LogP contribution in [0.25, 0.3) is 6.08 Å². The highest BCUT2D eigenvalue weighted by Crippen LogP contribution is 2.31. The topological polar surface area (TPSA) is 69.6 Å². The molecule has 0 bridgehead atoms. The van der Waals surface area contributed by atoms with Crippen LogP contribution in [-0.4, -0.2) is 17.0 Å². The van der Waals surface area contributed by atoms with Crippen LogP contribution in [0.15, 0.2) is 42.1 Å². The minimum atomic E-state index is -0.593. The van der Waals surface area contributed by atoms with E-state index in [1.807, 2.05) is 22.6 Å². The lowest BCUT2D eigenvalue weighted by molar-refractivity contribution is -0.113. The van der Waals surface area contributed by atoms with E-state index in [0.29, 0.717) is 24.9 Å². The van der Waals surface area contributed by atoms with Crippen molar-refractivity contribution in [1.29, 1.82) is 0 Å². The van der Waals surface area contributed by atoms with Crippen molar-refractivity contribution in [2.75, 3.05) is 4.90 Å². The largest absolute Gasteiger partial charge is 0.506 e. The monoisotopic (exact) mass is 474 g/mol. The number of imide groups is 1. The number of carbonyl (C=O) groups is 2. The number of nitrogens with zero attached hydrogens (tertiary/aromatic N) is 1. The van der Waals surface area contributed by atoms with Gasteiger partial charge in [0.05, 0.1) is 9.26 Å². The summed E-state index contributed by atoms with van der Waals surface area (Å²) in [4.78, 5) is 25.6. The van der Waals surface area contributed by atoms with E-state index in [1.54, 1.807) is 24.3 Å². The third-order valence-corrected chi connectivity index (χ3v) is 4.58. The van der Waals surface area contributed by atoms with Crippen molar-refractivity contribution in [2.45, 2.75) is 0 Å². The summed E-state index contributed by atoms with van der Waals surface area (Å²) in [7, 11) is 0. The molecule has 8 heteroatoms. The molecule has 2 N–H and O–H groups in total. The van der Waals surface area contributed by atoms with Crippen LogP contribution in [0.3, 0.4) is 0 Å². The van der Waals surface area contributed by atoms with Crippen molar-refractivity contribution in [1.82, 2.24) is 5.32 Å². The summed E-state index contributed by atoms with van der Waals surface area (Å²) in [5.41, 5.74) is 0.732. The number of hydrogen-bond donors (Lipinski definition) is 2. The average Bonchev–Trinajstić information content (AvgIpc) is 2.78. The highest BCUT2D eigenvalue weighted by molar-refractivity contribution is 14.1. The Balaban J connectivity index is 2.00. The number of hydrogen-bond acceptors (Lipinski definition) is 3. The van der Waals surface area contributed by atoms with Crippen molar-refractivity contribution >= 4 is 69.5 Å². The molecule has 3 amide bonds. The molecule has 3 rings (SSSR count). The van der Waals surface area contributed by atoms with Gasteiger partial charge in [0.2, 0.25) is 0 Å². The van der Waals surface area contributed by atoms with Gasteiger partial charge in [-0.1, -0.05) is 29.3 Å². The first-order valence-corrected chi connectivity index (χ1v) is 8.51. The van der Waals surface area contributed by atoms with Crippen molar-refractivity contribution in [3.05, 3.63) is 61.3 Å². The van der Waals surface area contributed by atoms with E-state index in [2.05, 4.69) is 5.32 Å². The van der Waals surface area contributed by atoms with E-state index in [1.165, 1.54) is 18.2 Å². The van der Waals surface area contributed by atoms with Crippen LogP contribution in [0.4, 0.5) is 10.5 Å². The van der Waals surface area contributed by atoms with Crippen molar-refractivity contribution in [3.8, 4) is 5.75 Å². The highest BCUT2D eigenvalue weighted by atomic mass is 127. The minimum absolute atomic E-state index is 0.0178. The van der Waals surface area contributed by atoms with Crippen LogP contribution in [0.5, 0.6) is 5.75 Å². The molecule has 0 atom stereocenters. The van der Waals surface area contributed by atoms with Crippen LogP contribution < -0.4 is 10.2 Å². The molecule has 24 heavy (non-hydrogen) atoms. The fourth-order valence-electron chi connectivity index (χ4n) is 2.24. The molecule has 0 spiro atoms. The van der Waals surface area contributed by atoms with Gasteiger partial charge in [0.15, 0.2) is 0 Å². The molecule has 0 saturated carbocycles.